The second-order valence-corrected chi connectivity index (χ2v) is 4.38. The summed E-state index contributed by atoms with van der Waals surface area (Å²) in [6, 6.07) is 7.63. The van der Waals surface area contributed by atoms with Crippen LogP contribution in [-0.2, 0) is 6.61 Å². The number of nitrogens with two attached hydrogens (primary N) is 1. The number of benzene rings is 1. The summed E-state index contributed by atoms with van der Waals surface area (Å²) in [5.41, 5.74) is 6.48. The van der Waals surface area contributed by atoms with Crippen molar-refractivity contribution in [3.63, 3.8) is 0 Å². The molecular weight excluding hydrogens is 298 g/mol. The van der Waals surface area contributed by atoms with Crippen molar-refractivity contribution in [2.45, 2.75) is 6.61 Å². The van der Waals surface area contributed by atoms with Crippen LogP contribution in [0.5, 0.6) is 11.6 Å². The van der Waals surface area contributed by atoms with Gasteiger partial charge in [0.05, 0.1) is 17.8 Å². The molecule has 6 heteroatoms. The van der Waals surface area contributed by atoms with E-state index in [0.717, 1.165) is 11.3 Å². The summed E-state index contributed by atoms with van der Waals surface area (Å²) in [6.07, 6.45) is 1.56. The van der Waals surface area contributed by atoms with Crippen molar-refractivity contribution in [1.29, 1.82) is 0 Å². The second kappa shape index (κ2) is 5.68. The molecule has 1 aromatic heterocycles. The lowest BCUT2D eigenvalue weighted by Gasteiger charge is -2.08. The van der Waals surface area contributed by atoms with E-state index in [0.29, 0.717) is 17.0 Å². The van der Waals surface area contributed by atoms with Gasteiger partial charge in [-0.1, -0.05) is 12.1 Å². The van der Waals surface area contributed by atoms with Gasteiger partial charge in [0, 0.05) is 0 Å². The average molecular weight is 310 g/mol. The molecule has 5 nitrogen and oxygen atoms in total. The highest BCUT2D eigenvalue weighted by Crippen LogP contribution is 2.23. The molecule has 0 bridgehead atoms. The summed E-state index contributed by atoms with van der Waals surface area (Å²) in [7, 11) is 1.63. The minimum absolute atomic E-state index is 0.179. The maximum absolute atomic E-state index is 5.57. The molecule has 0 amide bonds. The lowest BCUT2D eigenvalue weighted by atomic mass is 10.2. The molecule has 0 aliphatic heterocycles. The molecule has 0 radical (unpaired) electrons. The Bertz CT molecular complexity index is 549. The number of hydrogen-bond donors (Lipinski definition) is 1. The smallest absolute Gasteiger partial charge is 0.233 e. The van der Waals surface area contributed by atoms with E-state index in [9.17, 15) is 0 Å². The molecule has 0 unspecified atom stereocenters. The molecule has 0 aliphatic rings. The van der Waals surface area contributed by atoms with Crippen LogP contribution in [0.1, 0.15) is 5.56 Å². The summed E-state index contributed by atoms with van der Waals surface area (Å²) in [5, 5.41) is 0. The van der Waals surface area contributed by atoms with Gasteiger partial charge in [-0.3, -0.25) is 0 Å². The highest BCUT2D eigenvalue weighted by atomic mass is 79.9. The van der Waals surface area contributed by atoms with Gasteiger partial charge in [0.2, 0.25) is 11.8 Å². The maximum Gasteiger partial charge on any atom is 0.233 e. The zero-order valence-electron chi connectivity index (χ0n) is 9.76. The van der Waals surface area contributed by atoms with Crippen molar-refractivity contribution in [3.05, 3.63) is 40.5 Å². The van der Waals surface area contributed by atoms with Crippen LogP contribution in [0.25, 0.3) is 0 Å². The Hall–Kier alpha value is -1.82. The Morgan fingerprint density at radius 3 is 3.00 bits per heavy atom. The van der Waals surface area contributed by atoms with Gasteiger partial charge in [0.1, 0.15) is 12.4 Å². The fraction of sp³-hybridized carbons (Fsp3) is 0.167. The first kappa shape index (κ1) is 12.6. The van der Waals surface area contributed by atoms with Crippen molar-refractivity contribution in [1.82, 2.24) is 9.97 Å². The Balaban J connectivity index is 2.08. The molecule has 0 saturated carbocycles. The number of aromatic nitrogens is 2. The standard InChI is InChI=1S/C12H12BrN3O2/c1-17-9-4-2-3-8(5-9)7-18-11-10(13)6-15-12(14)16-11/h2-6H,7H2,1H3,(H2,14,15,16). The normalized spacial score (nSPS) is 10.1. The van der Waals surface area contributed by atoms with Gasteiger partial charge >= 0.3 is 0 Å². The summed E-state index contributed by atoms with van der Waals surface area (Å²) in [5.74, 6) is 1.39. The summed E-state index contributed by atoms with van der Waals surface area (Å²) < 4.78 is 11.4. The Morgan fingerprint density at radius 1 is 1.39 bits per heavy atom. The van der Waals surface area contributed by atoms with Gasteiger partial charge in [-0.15, -0.1) is 0 Å². The molecule has 18 heavy (non-hydrogen) atoms. The average Bonchev–Trinajstić information content (AvgIpc) is 2.40. The Kier molecular flexibility index (Phi) is 3.99. The van der Waals surface area contributed by atoms with Gasteiger partial charge in [-0.05, 0) is 33.6 Å². The third kappa shape index (κ3) is 3.10. The van der Waals surface area contributed by atoms with Crippen LogP contribution >= 0.6 is 15.9 Å². The highest BCUT2D eigenvalue weighted by Gasteiger charge is 2.05. The fourth-order valence-corrected chi connectivity index (χ4v) is 1.68. The monoisotopic (exact) mass is 309 g/mol. The van der Waals surface area contributed by atoms with Gasteiger partial charge in [0.15, 0.2) is 0 Å². The third-order valence-electron chi connectivity index (χ3n) is 2.24. The summed E-state index contributed by atoms with van der Waals surface area (Å²) >= 11 is 3.30. The van der Waals surface area contributed by atoms with Crippen LogP contribution < -0.4 is 15.2 Å². The molecule has 1 heterocycles. The Labute approximate surface area is 113 Å². The van der Waals surface area contributed by atoms with E-state index in [1.165, 1.54) is 0 Å². The van der Waals surface area contributed by atoms with Gasteiger partial charge < -0.3 is 15.2 Å². The molecule has 2 N–H and O–H groups in total. The van der Waals surface area contributed by atoms with E-state index in [-0.39, 0.29) is 5.95 Å². The first-order chi connectivity index (χ1) is 8.69. The number of halogens is 1. The molecule has 0 spiro atoms. The van der Waals surface area contributed by atoms with Crippen LogP contribution in [0.15, 0.2) is 34.9 Å². The number of anilines is 1. The number of nitrogens with zero attached hydrogens (tertiary/aromatic N) is 2. The van der Waals surface area contributed by atoms with E-state index >= 15 is 0 Å². The predicted molar refractivity (Wildman–Crippen MR) is 71.5 cm³/mol. The van der Waals surface area contributed by atoms with Crippen LogP contribution in [0.4, 0.5) is 5.95 Å². The summed E-state index contributed by atoms with van der Waals surface area (Å²) in [6.45, 7) is 0.381. The van der Waals surface area contributed by atoms with Gasteiger partial charge in [0.25, 0.3) is 0 Å². The van der Waals surface area contributed by atoms with Crippen molar-refractivity contribution < 1.29 is 9.47 Å². The van der Waals surface area contributed by atoms with E-state index in [2.05, 4.69) is 25.9 Å². The van der Waals surface area contributed by atoms with Crippen molar-refractivity contribution in [2.75, 3.05) is 12.8 Å². The SMILES string of the molecule is COc1cccc(COc2nc(N)ncc2Br)c1. The lowest BCUT2D eigenvalue weighted by Crippen LogP contribution is -2.01. The zero-order valence-corrected chi connectivity index (χ0v) is 11.3. The maximum atomic E-state index is 5.57. The number of nitrogen functional groups attached to an aromatic ring is 1. The van der Waals surface area contributed by atoms with E-state index < -0.39 is 0 Å². The Morgan fingerprint density at radius 2 is 2.22 bits per heavy atom. The second-order valence-electron chi connectivity index (χ2n) is 3.52. The predicted octanol–water partition coefficient (Wildman–Crippen LogP) is 2.41. The minimum Gasteiger partial charge on any atom is -0.497 e. The van der Waals surface area contributed by atoms with Crippen molar-refractivity contribution in [2.24, 2.45) is 0 Å². The fourth-order valence-electron chi connectivity index (χ4n) is 1.38. The highest BCUT2D eigenvalue weighted by molar-refractivity contribution is 9.10. The number of rotatable bonds is 4. The quantitative estimate of drug-likeness (QED) is 0.939. The van der Waals surface area contributed by atoms with E-state index in [1.807, 2.05) is 24.3 Å². The molecule has 0 aliphatic carbocycles. The van der Waals surface area contributed by atoms with Crippen molar-refractivity contribution >= 4 is 21.9 Å². The molecule has 94 valence electrons. The van der Waals surface area contributed by atoms with Gasteiger partial charge in [-0.2, -0.15) is 4.98 Å². The summed E-state index contributed by atoms with van der Waals surface area (Å²) in [4.78, 5) is 7.84. The topological polar surface area (TPSA) is 70.3 Å². The number of methoxy groups -OCH3 is 1. The van der Waals surface area contributed by atoms with Crippen molar-refractivity contribution in [3.8, 4) is 11.6 Å². The molecule has 2 aromatic rings. The first-order valence-electron chi connectivity index (χ1n) is 5.23. The first-order valence-corrected chi connectivity index (χ1v) is 6.02. The number of hydrogen-bond acceptors (Lipinski definition) is 5. The van der Waals surface area contributed by atoms with Crippen LogP contribution in [-0.4, -0.2) is 17.1 Å². The molecule has 2 rings (SSSR count). The molecule has 1 aromatic carbocycles. The molecular formula is C12H12BrN3O2. The molecule has 0 atom stereocenters. The van der Waals surface area contributed by atoms with E-state index in [1.54, 1.807) is 13.3 Å². The van der Waals surface area contributed by atoms with E-state index in [4.69, 9.17) is 15.2 Å². The molecule has 0 fully saturated rings. The largest absolute Gasteiger partial charge is 0.497 e. The molecule has 0 saturated heterocycles. The lowest BCUT2D eigenvalue weighted by molar-refractivity contribution is 0.291. The van der Waals surface area contributed by atoms with Crippen LogP contribution in [0.3, 0.4) is 0 Å². The zero-order chi connectivity index (χ0) is 13.0. The minimum atomic E-state index is 0.179. The van der Waals surface area contributed by atoms with Crippen LogP contribution in [0, 0.1) is 0 Å². The third-order valence-corrected chi connectivity index (χ3v) is 2.78. The number of ether oxygens (including phenoxy) is 2. The van der Waals surface area contributed by atoms with Gasteiger partial charge in [-0.25, -0.2) is 4.98 Å². The van der Waals surface area contributed by atoms with Crippen LogP contribution in [0.2, 0.25) is 0 Å².